The molecule has 0 saturated heterocycles. The van der Waals surface area contributed by atoms with Gasteiger partial charge in [-0.2, -0.15) is 0 Å². The van der Waals surface area contributed by atoms with Gasteiger partial charge in [-0.15, -0.1) is 0 Å². The Balaban J connectivity index is 2.60. The van der Waals surface area contributed by atoms with Gasteiger partial charge in [-0.3, -0.25) is 4.57 Å². The summed E-state index contributed by atoms with van der Waals surface area (Å²) in [5.41, 5.74) is 1.32. The largest absolute Gasteiger partial charge is 0.497 e. The van der Waals surface area contributed by atoms with Gasteiger partial charge >= 0.3 is 7.60 Å². The van der Waals surface area contributed by atoms with Gasteiger partial charge in [-0.1, -0.05) is 0 Å². The first kappa shape index (κ1) is 23.9. The van der Waals surface area contributed by atoms with Crippen molar-refractivity contribution in [2.75, 3.05) is 47.0 Å². The van der Waals surface area contributed by atoms with Crippen LogP contribution in [0.2, 0.25) is 0 Å². The molecule has 8 nitrogen and oxygen atoms in total. The van der Waals surface area contributed by atoms with E-state index in [4.69, 9.17) is 28.0 Å². The van der Waals surface area contributed by atoms with Gasteiger partial charge in [0.1, 0.15) is 5.75 Å². The van der Waals surface area contributed by atoms with Gasteiger partial charge in [0.15, 0.2) is 17.3 Å². The number of benzene rings is 2. The molecule has 0 aliphatic carbocycles. The lowest BCUT2D eigenvalue weighted by atomic mass is 10.1. The second-order valence-corrected chi connectivity index (χ2v) is 8.22. The first-order valence-electron chi connectivity index (χ1n) is 9.55. The SMILES string of the molecule is CCOP(=O)(OCC)C(Nc1ccc(OC)cc1)c1cc(OC)c(OC)c(OC)c1. The van der Waals surface area contributed by atoms with Gasteiger partial charge < -0.3 is 33.3 Å². The van der Waals surface area contributed by atoms with Gasteiger partial charge in [0.25, 0.3) is 0 Å². The topological polar surface area (TPSA) is 84.5 Å². The molecule has 0 fully saturated rings. The van der Waals surface area contributed by atoms with Crippen molar-refractivity contribution in [1.29, 1.82) is 0 Å². The van der Waals surface area contributed by atoms with Crippen LogP contribution in [-0.2, 0) is 13.6 Å². The first-order chi connectivity index (χ1) is 14.5. The maximum atomic E-state index is 13.8. The molecule has 0 aliphatic heterocycles. The summed E-state index contributed by atoms with van der Waals surface area (Å²) >= 11 is 0. The van der Waals surface area contributed by atoms with E-state index < -0.39 is 13.4 Å². The molecule has 0 amide bonds. The summed E-state index contributed by atoms with van der Waals surface area (Å²) in [7, 11) is 2.56. The molecular weight excluding hydrogens is 409 g/mol. The van der Waals surface area contributed by atoms with Crippen molar-refractivity contribution in [2.24, 2.45) is 0 Å². The lowest BCUT2D eigenvalue weighted by Gasteiger charge is -2.29. The van der Waals surface area contributed by atoms with E-state index >= 15 is 0 Å². The molecule has 1 atom stereocenters. The van der Waals surface area contributed by atoms with Crippen LogP contribution in [-0.4, -0.2) is 41.7 Å². The molecule has 0 heterocycles. The van der Waals surface area contributed by atoms with Crippen LogP contribution in [0.1, 0.15) is 25.2 Å². The van der Waals surface area contributed by atoms with Crippen molar-refractivity contribution in [2.45, 2.75) is 19.6 Å². The maximum absolute atomic E-state index is 13.8. The van der Waals surface area contributed by atoms with Crippen LogP contribution in [0.15, 0.2) is 36.4 Å². The van der Waals surface area contributed by atoms with Crippen LogP contribution >= 0.6 is 7.60 Å². The summed E-state index contributed by atoms with van der Waals surface area (Å²) in [6.07, 6.45) is 0. The zero-order valence-corrected chi connectivity index (χ0v) is 19.2. The zero-order valence-electron chi connectivity index (χ0n) is 18.3. The number of hydrogen-bond acceptors (Lipinski definition) is 8. The highest BCUT2D eigenvalue weighted by Crippen LogP contribution is 2.61. The van der Waals surface area contributed by atoms with Crippen LogP contribution < -0.4 is 24.3 Å². The highest BCUT2D eigenvalue weighted by Gasteiger charge is 2.38. The zero-order chi connectivity index (χ0) is 22.1. The summed E-state index contributed by atoms with van der Waals surface area (Å²) in [6.45, 7) is 3.99. The molecular formula is C21H30NO7P. The van der Waals surface area contributed by atoms with Gasteiger partial charge in [-0.25, -0.2) is 0 Å². The minimum absolute atomic E-state index is 0.225. The van der Waals surface area contributed by atoms with Crippen LogP contribution in [0, 0.1) is 0 Å². The van der Waals surface area contributed by atoms with Crippen LogP contribution in [0.5, 0.6) is 23.0 Å². The molecule has 2 aromatic rings. The number of nitrogens with one attached hydrogen (secondary N) is 1. The fourth-order valence-corrected chi connectivity index (χ4v) is 4.91. The van der Waals surface area contributed by atoms with E-state index in [1.165, 1.54) is 21.3 Å². The van der Waals surface area contributed by atoms with Crippen LogP contribution in [0.25, 0.3) is 0 Å². The Kier molecular flexibility index (Phi) is 8.84. The van der Waals surface area contributed by atoms with Crippen LogP contribution in [0.3, 0.4) is 0 Å². The van der Waals surface area contributed by atoms with E-state index in [-0.39, 0.29) is 13.2 Å². The number of rotatable bonds is 12. The lowest BCUT2D eigenvalue weighted by Crippen LogP contribution is -2.16. The summed E-state index contributed by atoms with van der Waals surface area (Å²) in [5, 5.41) is 3.28. The second kappa shape index (κ2) is 11.1. The normalized spacial score (nSPS) is 12.2. The third-order valence-electron chi connectivity index (χ3n) is 4.33. The van der Waals surface area contributed by atoms with E-state index in [2.05, 4.69) is 5.32 Å². The maximum Gasteiger partial charge on any atom is 0.357 e. The summed E-state index contributed by atoms with van der Waals surface area (Å²) in [5.74, 6) is 1.21. The Hall–Kier alpha value is -2.41. The Bertz CT molecular complexity index is 822. The van der Waals surface area contributed by atoms with Crippen LogP contribution in [0.4, 0.5) is 5.69 Å². The number of ether oxygens (including phenoxy) is 4. The molecule has 0 bridgehead atoms. The molecule has 1 N–H and O–H groups in total. The lowest BCUT2D eigenvalue weighted by molar-refractivity contribution is 0.214. The van der Waals surface area contributed by atoms with Crippen molar-refractivity contribution in [3.63, 3.8) is 0 Å². The van der Waals surface area contributed by atoms with Crippen molar-refractivity contribution >= 4 is 13.3 Å². The molecule has 0 aliphatic rings. The number of methoxy groups -OCH3 is 4. The molecule has 0 saturated carbocycles. The van der Waals surface area contributed by atoms with E-state index in [1.54, 1.807) is 45.2 Å². The Morgan fingerprint density at radius 2 is 1.37 bits per heavy atom. The molecule has 30 heavy (non-hydrogen) atoms. The summed E-state index contributed by atoms with van der Waals surface area (Å²) < 4.78 is 46.6. The smallest absolute Gasteiger partial charge is 0.357 e. The van der Waals surface area contributed by atoms with Crippen molar-refractivity contribution in [1.82, 2.24) is 0 Å². The highest BCUT2D eigenvalue weighted by atomic mass is 31.2. The quantitative estimate of drug-likeness (QED) is 0.458. The number of hydrogen-bond donors (Lipinski definition) is 1. The molecule has 2 aromatic carbocycles. The Morgan fingerprint density at radius 3 is 1.77 bits per heavy atom. The average Bonchev–Trinajstić information content (AvgIpc) is 2.77. The molecule has 1 unspecified atom stereocenters. The minimum Gasteiger partial charge on any atom is -0.497 e. The highest BCUT2D eigenvalue weighted by molar-refractivity contribution is 7.54. The standard InChI is InChI=1S/C21H30NO7P/c1-7-28-30(23,29-8-2)21(22-16-9-11-17(24-3)12-10-16)15-13-18(25-4)20(27-6)19(14-15)26-5/h9-14,21-22H,7-8H2,1-6H3. The van der Waals surface area contributed by atoms with E-state index in [9.17, 15) is 4.57 Å². The van der Waals surface area contributed by atoms with Crippen molar-refractivity contribution in [3.8, 4) is 23.0 Å². The molecule has 9 heteroatoms. The summed E-state index contributed by atoms with van der Waals surface area (Å²) in [4.78, 5) is 0. The van der Waals surface area contributed by atoms with Gasteiger partial charge in [0.2, 0.25) is 5.75 Å². The first-order valence-corrected chi connectivity index (χ1v) is 11.2. The average molecular weight is 439 g/mol. The van der Waals surface area contributed by atoms with E-state index in [0.29, 0.717) is 34.2 Å². The van der Waals surface area contributed by atoms with Crippen molar-refractivity contribution in [3.05, 3.63) is 42.0 Å². The molecule has 0 aromatic heterocycles. The second-order valence-electron chi connectivity index (χ2n) is 6.11. The third kappa shape index (κ3) is 5.39. The molecule has 0 radical (unpaired) electrons. The third-order valence-corrected chi connectivity index (χ3v) is 6.63. The Labute approximate surface area is 177 Å². The monoisotopic (exact) mass is 439 g/mol. The fourth-order valence-electron chi connectivity index (χ4n) is 3.00. The molecule has 2 rings (SSSR count). The molecule has 0 spiro atoms. The fraction of sp³-hybridized carbons (Fsp3) is 0.429. The minimum atomic E-state index is -3.61. The van der Waals surface area contributed by atoms with Crippen molar-refractivity contribution < 1.29 is 32.6 Å². The Morgan fingerprint density at radius 1 is 0.833 bits per heavy atom. The molecule has 166 valence electrons. The van der Waals surface area contributed by atoms with Gasteiger partial charge in [0.05, 0.1) is 41.7 Å². The van der Waals surface area contributed by atoms with E-state index in [1.807, 2.05) is 12.1 Å². The van der Waals surface area contributed by atoms with E-state index in [0.717, 1.165) is 0 Å². The predicted molar refractivity (Wildman–Crippen MR) is 116 cm³/mol. The predicted octanol–water partition coefficient (Wildman–Crippen LogP) is 5.10. The van der Waals surface area contributed by atoms with Gasteiger partial charge in [-0.05, 0) is 55.8 Å². The number of anilines is 1. The van der Waals surface area contributed by atoms with Gasteiger partial charge in [0, 0.05) is 5.69 Å². The summed E-state index contributed by atoms with van der Waals surface area (Å²) in [6, 6.07) is 10.7.